The van der Waals surface area contributed by atoms with Gasteiger partial charge in [0.15, 0.2) is 17.2 Å². The monoisotopic (exact) mass is 589 g/mol. The molecule has 3 aromatic rings. The van der Waals surface area contributed by atoms with Gasteiger partial charge in [-0.05, 0) is 82.0 Å². The summed E-state index contributed by atoms with van der Waals surface area (Å²) in [6.07, 6.45) is 2.14. The number of ether oxygens (including phenoxy) is 3. The van der Waals surface area contributed by atoms with Crippen molar-refractivity contribution in [1.82, 2.24) is 24.9 Å². The van der Waals surface area contributed by atoms with Crippen molar-refractivity contribution in [2.24, 2.45) is 7.05 Å². The number of carbonyl (C=O) groups excluding carboxylic acids is 2. The third kappa shape index (κ3) is 6.96. The molecule has 0 unspecified atom stereocenters. The highest BCUT2D eigenvalue weighted by Crippen LogP contribution is 2.41. The first-order valence-corrected chi connectivity index (χ1v) is 15.2. The average Bonchev–Trinajstić information content (AvgIpc) is 3.19. The Morgan fingerprint density at radius 2 is 1.81 bits per heavy atom. The van der Waals surface area contributed by atoms with Crippen molar-refractivity contribution in [2.45, 2.75) is 52.6 Å². The van der Waals surface area contributed by atoms with E-state index in [0.29, 0.717) is 74.6 Å². The van der Waals surface area contributed by atoms with E-state index in [9.17, 15) is 9.59 Å². The molecule has 43 heavy (non-hydrogen) atoms. The van der Waals surface area contributed by atoms with Gasteiger partial charge in [-0.15, -0.1) is 0 Å². The van der Waals surface area contributed by atoms with Gasteiger partial charge in [-0.25, -0.2) is 0 Å². The minimum atomic E-state index is -0.148. The summed E-state index contributed by atoms with van der Waals surface area (Å²) < 4.78 is 20.2. The van der Waals surface area contributed by atoms with Crippen LogP contribution in [0.4, 0.5) is 0 Å². The summed E-state index contributed by atoms with van der Waals surface area (Å²) in [5, 5.41) is 7.45. The van der Waals surface area contributed by atoms with Gasteiger partial charge in [0.05, 0.1) is 13.7 Å². The molecule has 4 bridgehead atoms. The average molecular weight is 590 g/mol. The summed E-state index contributed by atoms with van der Waals surface area (Å²) in [5.41, 5.74) is 4.65. The summed E-state index contributed by atoms with van der Waals surface area (Å²) in [6.45, 7) is 10.4. The summed E-state index contributed by atoms with van der Waals surface area (Å²) in [7, 11) is 3.47. The van der Waals surface area contributed by atoms with Crippen LogP contribution >= 0.6 is 0 Å². The number of aromatic nitrogens is 2. The Kier molecular flexibility index (Phi) is 9.55. The Morgan fingerprint density at radius 1 is 1.00 bits per heavy atom. The Hall–Kier alpha value is -4.05. The fourth-order valence-corrected chi connectivity index (χ4v) is 5.59. The second-order valence-corrected chi connectivity index (χ2v) is 11.5. The van der Waals surface area contributed by atoms with Crippen LogP contribution in [0.5, 0.6) is 17.2 Å². The van der Waals surface area contributed by atoms with Gasteiger partial charge in [-0.2, -0.15) is 5.10 Å². The Bertz CT molecular complexity index is 1450. The van der Waals surface area contributed by atoms with Gasteiger partial charge in [-0.1, -0.05) is 0 Å². The van der Waals surface area contributed by atoms with E-state index in [2.05, 4.69) is 35.2 Å². The van der Waals surface area contributed by atoms with E-state index < -0.39 is 0 Å². The van der Waals surface area contributed by atoms with E-state index in [-0.39, 0.29) is 11.8 Å². The van der Waals surface area contributed by atoms with Crippen molar-refractivity contribution in [3.8, 4) is 28.4 Å². The Balaban J connectivity index is 1.49. The van der Waals surface area contributed by atoms with E-state index in [1.165, 1.54) is 0 Å². The number of hydrogen-bond acceptors (Lipinski definition) is 7. The van der Waals surface area contributed by atoms with Gasteiger partial charge in [-0.3, -0.25) is 19.2 Å². The lowest BCUT2D eigenvalue weighted by molar-refractivity contribution is 0.0735. The lowest BCUT2D eigenvalue weighted by Gasteiger charge is -2.24. The molecule has 0 fully saturated rings. The maximum absolute atomic E-state index is 13.4. The maximum atomic E-state index is 13.4. The molecule has 3 heterocycles. The SMILES string of the molecule is COc1ccc2cc1-c1cc3c(c(c1)OCCCN(C(=O)c1cc(C)n(C)n1)CCCCNC2=O)OCCN(C(C)C)C3. The van der Waals surface area contributed by atoms with E-state index in [4.69, 9.17) is 14.2 Å². The molecule has 0 saturated carbocycles. The molecule has 2 amide bonds. The molecule has 5 rings (SSSR count). The van der Waals surface area contributed by atoms with Crippen molar-refractivity contribution in [3.05, 3.63) is 58.9 Å². The molecule has 1 N–H and O–H groups in total. The Morgan fingerprint density at radius 3 is 2.56 bits per heavy atom. The lowest BCUT2D eigenvalue weighted by Crippen LogP contribution is -2.34. The highest BCUT2D eigenvalue weighted by Gasteiger charge is 2.24. The molecule has 230 valence electrons. The van der Waals surface area contributed by atoms with Gasteiger partial charge in [0.1, 0.15) is 12.4 Å². The molecule has 10 nitrogen and oxygen atoms in total. The topological polar surface area (TPSA) is 98.2 Å². The van der Waals surface area contributed by atoms with Gasteiger partial charge in [0.2, 0.25) is 0 Å². The number of nitrogens with zero attached hydrogens (tertiary/aromatic N) is 4. The zero-order valence-electron chi connectivity index (χ0n) is 25.9. The van der Waals surface area contributed by atoms with Crippen LogP contribution in [-0.2, 0) is 13.6 Å². The normalized spacial score (nSPS) is 16.8. The fourth-order valence-electron chi connectivity index (χ4n) is 5.59. The van der Waals surface area contributed by atoms with Crippen LogP contribution in [0.3, 0.4) is 0 Å². The summed E-state index contributed by atoms with van der Waals surface area (Å²) in [4.78, 5) is 30.8. The minimum absolute atomic E-state index is 0.0956. The number of benzene rings is 2. The number of fused-ring (bicyclic) bond motifs is 7. The standard InChI is InChI=1S/C33H43N5O5/c1-22(2)38-14-16-43-31-26(21-38)18-25-20-30(31)42-15-8-13-37(33(40)28-17-23(3)36(4)35-28)12-7-6-11-34-32(39)24-9-10-29(41-5)27(25)19-24/h9-10,17-20,22H,6-8,11-16,21H2,1-5H3,(H,34,39). The zero-order chi connectivity index (χ0) is 30.5. The highest BCUT2D eigenvalue weighted by molar-refractivity contribution is 5.96. The first kappa shape index (κ1) is 30.4. The van der Waals surface area contributed by atoms with Gasteiger partial charge < -0.3 is 24.4 Å². The Labute approximate surface area is 253 Å². The molecule has 10 heteroatoms. The molecule has 0 aliphatic carbocycles. The van der Waals surface area contributed by atoms with Gasteiger partial charge in [0.25, 0.3) is 11.8 Å². The van der Waals surface area contributed by atoms with Crippen molar-refractivity contribution in [2.75, 3.05) is 46.5 Å². The summed E-state index contributed by atoms with van der Waals surface area (Å²) >= 11 is 0. The van der Waals surface area contributed by atoms with E-state index in [1.807, 2.05) is 43.1 Å². The van der Waals surface area contributed by atoms with Crippen molar-refractivity contribution in [1.29, 1.82) is 0 Å². The number of hydrogen-bond donors (Lipinski definition) is 1. The van der Waals surface area contributed by atoms with Crippen LogP contribution in [0.15, 0.2) is 36.4 Å². The lowest BCUT2D eigenvalue weighted by atomic mass is 9.98. The largest absolute Gasteiger partial charge is 0.496 e. The molecule has 2 aliphatic heterocycles. The summed E-state index contributed by atoms with van der Waals surface area (Å²) in [5.74, 6) is 1.83. The predicted octanol–water partition coefficient (Wildman–Crippen LogP) is 4.44. The zero-order valence-corrected chi connectivity index (χ0v) is 25.9. The third-order valence-corrected chi connectivity index (χ3v) is 8.22. The van der Waals surface area contributed by atoms with Crippen molar-refractivity contribution < 1.29 is 23.8 Å². The first-order chi connectivity index (χ1) is 20.7. The number of carbonyl (C=O) groups is 2. The van der Waals surface area contributed by atoms with E-state index >= 15 is 0 Å². The molecular weight excluding hydrogens is 546 g/mol. The molecule has 2 aromatic carbocycles. The number of methoxy groups -OCH3 is 1. The minimum Gasteiger partial charge on any atom is -0.496 e. The van der Waals surface area contributed by atoms with Gasteiger partial charge in [0, 0.05) is 68.2 Å². The second kappa shape index (κ2) is 13.5. The molecular formula is C33H43N5O5. The van der Waals surface area contributed by atoms with Gasteiger partial charge >= 0.3 is 0 Å². The van der Waals surface area contributed by atoms with Crippen molar-refractivity contribution >= 4 is 11.8 Å². The number of nitrogens with one attached hydrogen (secondary N) is 1. The summed E-state index contributed by atoms with van der Waals surface area (Å²) in [6, 6.07) is 11.8. The number of amides is 2. The molecule has 0 spiro atoms. The molecule has 2 aliphatic rings. The second-order valence-electron chi connectivity index (χ2n) is 11.5. The smallest absolute Gasteiger partial charge is 0.274 e. The molecule has 0 saturated heterocycles. The van der Waals surface area contributed by atoms with E-state index in [1.54, 1.807) is 17.9 Å². The number of rotatable bonds is 3. The first-order valence-electron chi connectivity index (χ1n) is 15.2. The van der Waals surface area contributed by atoms with Crippen LogP contribution < -0.4 is 19.5 Å². The molecule has 0 radical (unpaired) electrons. The number of aryl methyl sites for hydroxylation is 2. The van der Waals surface area contributed by atoms with Crippen LogP contribution in [0.25, 0.3) is 11.1 Å². The highest BCUT2D eigenvalue weighted by atomic mass is 16.5. The molecule has 1 aromatic heterocycles. The van der Waals surface area contributed by atoms with E-state index in [0.717, 1.165) is 47.5 Å². The fraction of sp³-hybridized carbons (Fsp3) is 0.485. The van der Waals surface area contributed by atoms with Crippen molar-refractivity contribution in [3.63, 3.8) is 0 Å². The third-order valence-electron chi connectivity index (χ3n) is 8.22. The maximum Gasteiger partial charge on any atom is 0.274 e. The predicted molar refractivity (Wildman–Crippen MR) is 165 cm³/mol. The molecule has 0 atom stereocenters. The van der Waals surface area contributed by atoms with Crippen LogP contribution in [0, 0.1) is 6.92 Å². The van der Waals surface area contributed by atoms with Crippen LogP contribution in [-0.4, -0.2) is 83.9 Å². The van der Waals surface area contributed by atoms with Crippen LogP contribution in [0.2, 0.25) is 0 Å². The van der Waals surface area contributed by atoms with Crippen LogP contribution in [0.1, 0.15) is 65.2 Å². The quantitative estimate of drug-likeness (QED) is 0.482.